The number of aromatic nitrogens is 1. The average molecular weight is 186 g/mol. The molecule has 1 aliphatic carbocycles. The molecular weight excluding hydrogens is 172 g/mol. The van der Waals surface area contributed by atoms with E-state index in [9.17, 15) is 0 Å². The van der Waals surface area contributed by atoms with Gasteiger partial charge in [0.1, 0.15) is 0 Å². The summed E-state index contributed by atoms with van der Waals surface area (Å²) >= 11 is 0. The molecule has 1 heterocycles. The molecule has 0 aliphatic heterocycles. The lowest BCUT2D eigenvalue weighted by Crippen LogP contribution is -2.43. The van der Waals surface area contributed by atoms with E-state index in [1.807, 2.05) is 6.07 Å². The van der Waals surface area contributed by atoms with Crippen molar-refractivity contribution in [2.75, 3.05) is 0 Å². The van der Waals surface area contributed by atoms with Gasteiger partial charge in [-0.2, -0.15) is 0 Å². The van der Waals surface area contributed by atoms with Crippen LogP contribution in [0.25, 0.3) is 10.9 Å². The molecule has 1 aromatic carbocycles. The average Bonchev–Trinajstić information content (AvgIpc) is 2.57. The monoisotopic (exact) mass is 186 g/mol. The van der Waals surface area contributed by atoms with E-state index in [4.69, 9.17) is 5.73 Å². The molecule has 2 aromatic rings. The van der Waals surface area contributed by atoms with Crippen LogP contribution in [0, 0.1) is 0 Å². The van der Waals surface area contributed by atoms with Crippen LogP contribution in [0.3, 0.4) is 0 Å². The van der Waals surface area contributed by atoms with E-state index in [1.165, 1.54) is 23.0 Å². The zero-order valence-corrected chi connectivity index (χ0v) is 8.09. The summed E-state index contributed by atoms with van der Waals surface area (Å²) in [6, 6.07) is 10.5. The van der Waals surface area contributed by atoms with E-state index < -0.39 is 0 Å². The van der Waals surface area contributed by atoms with Crippen LogP contribution < -0.4 is 5.73 Å². The SMILES string of the molecule is NC1(c2cc3ccccc3[nH]2)CCC1. The van der Waals surface area contributed by atoms with Gasteiger partial charge in [-0.05, 0) is 36.8 Å². The van der Waals surface area contributed by atoms with E-state index in [1.54, 1.807) is 0 Å². The van der Waals surface area contributed by atoms with Crippen molar-refractivity contribution in [3.63, 3.8) is 0 Å². The van der Waals surface area contributed by atoms with Crippen molar-refractivity contribution in [3.8, 4) is 0 Å². The molecule has 2 nitrogen and oxygen atoms in total. The zero-order chi connectivity index (χ0) is 9.60. The van der Waals surface area contributed by atoms with Crippen molar-refractivity contribution < 1.29 is 0 Å². The van der Waals surface area contributed by atoms with Gasteiger partial charge >= 0.3 is 0 Å². The molecule has 3 N–H and O–H groups in total. The number of nitrogens with two attached hydrogens (primary N) is 1. The predicted octanol–water partition coefficient (Wildman–Crippen LogP) is 2.51. The molecule has 1 fully saturated rings. The molecule has 0 unspecified atom stereocenters. The first-order valence-corrected chi connectivity index (χ1v) is 5.15. The Hall–Kier alpha value is -1.28. The summed E-state index contributed by atoms with van der Waals surface area (Å²) in [6.45, 7) is 0. The number of hydrogen-bond acceptors (Lipinski definition) is 1. The Morgan fingerprint density at radius 1 is 1.21 bits per heavy atom. The maximum atomic E-state index is 6.26. The van der Waals surface area contributed by atoms with Gasteiger partial charge in [0, 0.05) is 11.2 Å². The van der Waals surface area contributed by atoms with Crippen LogP contribution in [0.1, 0.15) is 25.0 Å². The molecule has 14 heavy (non-hydrogen) atoms. The maximum Gasteiger partial charge on any atom is 0.0561 e. The Balaban J connectivity index is 2.14. The molecular formula is C12H14N2. The second kappa shape index (κ2) is 2.61. The Morgan fingerprint density at radius 3 is 2.64 bits per heavy atom. The summed E-state index contributed by atoms with van der Waals surface area (Å²) in [5, 5.41) is 1.26. The summed E-state index contributed by atoms with van der Waals surface area (Å²) in [7, 11) is 0. The Labute approximate surface area is 83.1 Å². The van der Waals surface area contributed by atoms with Crippen LogP contribution >= 0.6 is 0 Å². The zero-order valence-electron chi connectivity index (χ0n) is 8.09. The summed E-state index contributed by atoms with van der Waals surface area (Å²) in [6.07, 6.45) is 3.48. The van der Waals surface area contributed by atoms with Crippen molar-refractivity contribution in [2.24, 2.45) is 5.73 Å². The van der Waals surface area contributed by atoms with Gasteiger partial charge in [-0.1, -0.05) is 18.2 Å². The van der Waals surface area contributed by atoms with Gasteiger partial charge in [-0.25, -0.2) is 0 Å². The lowest BCUT2D eigenvalue weighted by molar-refractivity contribution is 0.248. The third kappa shape index (κ3) is 1.01. The fourth-order valence-corrected chi connectivity index (χ4v) is 2.17. The first-order valence-electron chi connectivity index (χ1n) is 5.15. The molecule has 0 radical (unpaired) electrons. The Bertz CT molecular complexity index is 433. The highest BCUT2D eigenvalue weighted by atomic mass is 14.9. The summed E-state index contributed by atoms with van der Waals surface area (Å²) < 4.78 is 0. The maximum absolute atomic E-state index is 6.26. The topological polar surface area (TPSA) is 41.8 Å². The molecule has 72 valence electrons. The molecule has 3 rings (SSSR count). The van der Waals surface area contributed by atoms with E-state index in [0.29, 0.717) is 0 Å². The van der Waals surface area contributed by atoms with Gasteiger partial charge in [0.25, 0.3) is 0 Å². The van der Waals surface area contributed by atoms with Crippen molar-refractivity contribution in [3.05, 3.63) is 36.0 Å². The van der Waals surface area contributed by atoms with Gasteiger partial charge in [0.2, 0.25) is 0 Å². The van der Waals surface area contributed by atoms with Gasteiger partial charge in [-0.15, -0.1) is 0 Å². The molecule has 2 heteroatoms. The van der Waals surface area contributed by atoms with Gasteiger partial charge in [0.05, 0.1) is 5.54 Å². The summed E-state index contributed by atoms with van der Waals surface area (Å²) in [4.78, 5) is 3.41. The quantitative estimate of drug-likeness (QED) is 0.706. The van der Waals surface area contributed by atoms with Gasteiger partial charge in [0.15, 0.2) is 0 Å². The highest BCUT2D eigenvalue weighted by molar-refractivity contribution is 5.80. The standard InChI is InChI=1S/C12H14N2/c13-12(6-3-7-12)11-8-9-4-1-2-5-10(9)14-11/h1-2,4-5,8,14H,3,6-7,13H2. The highest BCUT2D eigenvalue weighted by Gasteiger charge is 2.35. The number of para-hydroxylation sites is 1. The lowest BCUT2D eigenvalue weighted by Gasteiger charge is -2.37. The minimum absolute atomic E-state index is 0.0704. The third-order valence-corrected chi connectivity index (χ3v) is 3.31. The third-order valence-electron chi connectivity index (χ3n) is 3.31. The van der Waals surface area contributed by atoms with Crippen molar-refractivity contribution in [1.82, 2.24) is 4.98 Å². The van der Waals surface area contributed by atoms with Crippen LogP contribution in [-0.2, 0) is 5.54 Å². The van der Waals surface area contributed by atoms with Crippen LogP contribution in [0.5, 0.6) is 0 Å². The second-order valence-electron chi connectivity index (χ2n) is 4.28. The molecule has 1 aliphatic rings. The molecule has 0 spiro atoms. The molecule has 1 saturated carbocycles. The Morgan fingerprint density at radius 2 is 2.00 bits per heavy atom. The number of rotatable bonds is 1. The second-order valence-corrected chi connectivity index (χ2v) is 4.28. The summed E-state index contributed by atoms with van der Waals surface area (Å²) in [5.74, 6) is 0. The molecule has 0 saturated heterocycles. The number of nitrogens with one attached hydrogen (secondary N) is 1. The number of aromatic amines is 1. The molecule has 1 aromatic heterocycles. The minimum Gasteiger partial charge on any atom is -0.357 e. The fraction of sp³-hybridized carbons (Fsp3) is 0.333. The van der Waals surface area contributed by atoms with Crippen LogP contribution in [0.4, 0.5) is 0 Å². The van der Waals surface area contributed by atoms with Crippen molar-refractivity contribution in [2.45, 2.75) is 24.8 Å². The van der Waals surface area contributed by atoms with E-state index in [0.717, 1.165) is 12.8 Å². The first-order chi connectivity index (χ1) is 6.78. The summed E-state index contributed by atoms with van der Waals surface area (Å²) in [5.41, 5.74) is 8.58. The van der Waals surface area contributed by atoms with Crippen LogP contribution in [-0.4, -0.2) is 4.98 Å². The minimum atomic E-state index is -0.0704. The Kier molecular flexibility index (Phi) is 1.50. The first kappa shape index (κ1) is 8.06. The fourth-order valence-electron chi connectivity index (χ4n) is 2.17. The van der Waals surface area contributed by atoms with Crippen LogP contribution in [0.2, 0.25) is 0 Å². The highest BCUT2D eigenvalue weighted by Crippen LogP contribution is 2.39. The molecule has 0 amide bonds. The van der Waals surface area contributed by atoms with Gasteiger partial charge in [-0.3, -0.25) is 0 Å². The normalized spacial score (nSPS) is 19.5. The number of benzene rings is 1. The number of H-pyrrole nitrogens is 1. The molecule has 0 bridgehead atoms. The van der Waals surface area contributed by atoms with E-state index in [-0.39, 0.29) is 5.54 Å². The smallest absolute Gasteiger partial charge is 0.0561 e. The van der Waals surface area contributed by atoms with E-state index in [2.05, 4.69) is 29.2 Å². The predicted molar refractivity (Wildman–Crippen MR) is 58.0 cm³/mol. The van der Waals surface area contributed by atoms with Crippen molar-refractivity contribution in [1.29, 1.82) is 0 Å². The number of fused-ring (bicyclic) bond motifs is 1. The van der Waals surface area contributed by atoms with Gasteiger partial charge < -0.3 is 10.7 Å². The largest absolute Gasteiger partial charge is 0.357 e. The number of hydrogen-bond donors (Lipinski definition) is 2. The molecule has 0 atom stereocenters. The lowest BCUT2D eigenvalue weighted by atomic mass is 9.75. The van der Waals surface area contributed by atoms with Crippen molar-refractivity contribution >= 4 is 10.9 Å². The van der Waals surface area contributed by atoms with E-state index >= 15 is 0 Å². The van der Waals surface area contributed by atoms with Crippen LogP contribution in [0.15, 0.2) is 30.3 Å².